The maximum atomic E-state index is 12.4. The third kappa shape index (κ3) is 2.00. The summed E-state index contributed by atoms with van der Waals surface area (Å²) < 4.78 is 0. The molecular formula is C14H10N2O3S. The number of pyridine rings is 1. The summed E-state index contributed by atoms with van der Waals surface area (Å²) in [7, 11) is 0. The second-order valence-electron chi connectivity index (χ2n) is 4.26. The molecule has 1 amide bonds. The molecule has 0 aromatic carbocycles. The van der Waals surface area contributed by atoms with Crippen LogP contribution in [0.2, 0.25) is 0 Å². The Kier molecular flexibility index (Phi) is 3.08. The van der Waals surface area contributed by atoms with Gasteiger partial charge >= 0.3 is 0 Å². The highest BCUT2D eigenvalue weighted by Crippen LogP contribution is 2.32. The molecule has 1 aliphatic rings. The number of carbonyl (C=O) groups is 2. The maximum absolute atomic E-state index is 12.4. The molecule has 0 saturated carbocycles. The molecule has 0 radical (unpaired) electrons. The van der Waals surface area contributed by atoms with Crippen molar-refractivity contribution in [2.24, 2.45) is 0 Å². The Hall–Kier alpha value is -2.47. The van der Waals surface area contributed by atoms with Gasteiger partial charge in [0, 0.05) is 12.4 Å². The standard InChI is InChI=1S/C14H10N2O3S/c17-12(9-4-2-6-20-9)10-11(16-14(19)13(10)18)8-3-1-5-15-7-8/h1-7,11,18H,(H,16,19). The molecule has 1 atom stereocenters. The molecule has 1 aliphatic heterocycles. The summed E-state index contributed by atoms with van der Waals surface area (Å²) in [6.07, 6.45) is 3.16. The largest absolute Gasteiger partial charge is 0.503 e. The van der Waals surface area contributed by atoms with E-state index in [9.17, 15) is 14.7 Å². The van der Waals surface area contributed by atoms with E-state index in [4.69, 9.17) is 0 Å². The van der Waals surface area contributed by atoms with Crippen molar-refractivity contribution in [3.63, 3.8) is 0 Å². The number of amides is 1. The number of Topliss-reactive ketones (excluding diaryl/α,β-unsaturated/α-hetero) is 1. The predicted octanol–water partition coefficient (Wildman–Crippen LogP) is 2.01. The van der Waals surface area contributed by atoms with Gasteiger partial charge in [-0.1, -0.05) is 12.1 Å². The summed E-state index contributed by atoms with van der Waals surface area (Å²) >= 11 is 1.27. The lowest BCUT2D eigenvalue weighted by Crippen LogP contribution is -2.23. The van der Waals surface area contributed by atoms with Crippen molar-refractivity contribution >= 4 is 23.0 Å². The molecule has 2 aromatic heterocycles. The van der Waals surface area contributed by atoms with E-state index in [1.165, 1.54) is 11.3 Å². The van der Waals surface area contributed by atoms with E-state index in [0.29, 0.717) is 10.4 Å². The number of hydrogen-bond donors (Lipinski definition) is 2. The van der Waals surface area contributed by atoms with Gasteiger partial charge in [0.15, 0.2) is 5.76 Å². The molecule has 3 heterocycles. The quantitative estimate of drug-likeness (QED) is 0.846. The van der Waals surface area contributed by atoms with Gasteiger partial charge in [-0.2, -0.15) is 0 Å². The van der Waals surface area contributed by atoms with Gasteiger partial charge in [0.25, 0.3) is 5.91 Å². The molecule has 1 unspecified atom stereocenters. The number of ketones is 1. The Morgan fingerprint density at radius 2 is 2.20 bits per heavy atom. The van der Waals surface area contributed by atoms with Crippen molar-refractivity contribution in [3.05, 3.63) is 63.8 Å². The van der Waals surface area contributed by atoms with Crippen molar-refractivity contribution in [1.82, 2.24) is 10.3 Å². The Morgan fingerprint density at radius 1 is 1.35 bits per heavy atom. The van der Waals surface area contributed by atoms with E-state index in [0.717, 1.165) is 0 Å². The summed E-state index contributed by atoms with van der Waals surface area (Å²) in [5.41, 5.74) is 0.732. The van der Waals surface area contributed by atoms with Crippen LogP contribution in [0.5, 0.6) is 0 Å². The zero-order chi connectivity index (χ0) is 14.1. The highest BCUT2D eigenvalue weighted by molar-refractivity contribution is 7.12. The van der Waals surface area contributed by atoms with E-state index in [-0.39, 0.29) is 11.4 Å². The Bertz CT molecular complexity index is 692. The van der Waals surface area contributed by atoms with Gasteiger partial charge in [0.2, 0.25) is 5.78 Å². The Morgan fingerprint density at radius 3 is 2.85 bits per heavy atom. The molecule has 0 saturated heterocycles. The number of rotatable bonds is 3. The second-order valence-corrected chi connectivity index (χ2v) is 5.21. The fraction of sp³-hybridized carbons (Fsp3) is 0.0714. The topological polar surface area (TPSA) is 79.3 Å². The maximum Gasteiger partial charge on any atom is 0.287 e. The van der Waals surface area contributed by atoms with Crippen LogP contribution in [0.15, 0.2) is 53.4 Å². The van der Waals surface area contributed by atoms with Crippen LogP contribution in [0, 0.1) is 0 Å². The number of carbonyl (C=O) groups excluding carboxylic acids is 2. The van der Waals surface area contributed by atoms with Gasteiger partial charge in [-0.25, -0.2) is 0 Å². The van der Waals surface area contributed by atoms with E-state index in [1.807, 2.05) is 0 Å². The van der Waals surface area contributed by atoms with Gasteiger partial charge in [0.05, 0.1) is 16.5 Å². The van der Waals surface area contributed by atoms with Crippen molar-refractivity contribution < 1.29 is 14.7 Å². The smallest absolute Gasteiger partial charge is 0.287 e. The predicted molar refractivity (Wildman–Crippen MR) is 73.4 cm³/mol. The summed E-state index contributed by atoms with van der Waals surface area (Å²) in [5, 5.41) is 14.3. The first-order chi connectivity index (χ1) is 9.68. The third-order valence-electron chi connectivity index (χ3n) is 3.04. The molecule has 100 valence electrons. The third-order valence-corrected chi connectivity index (χ3v) is 3.91. The second kappa shape index (κ2) is 4.90. The van der Waals surface area contributed by atoms with Gasteiger partial charge < -0.3 is 10.4 Å². The molecule has 2 N–H and O–H groups in total. The van der Waals surface area contributed by atoms with Gasteiger partial charge in [-0.15, -0.1) is 11.3 Å². The molecule has 6 heteroatoms. The van der Waals surface area contributed by atoms with E-state index in [1.54, 1.807) is 42.0 Å². The molecule has 3 rings (SSSR count). The minimum atomic E-state index is -0.661. The molecule has 5 nitrogen and oxygen atoms in total. The highest BCUT2D eigenvalue weighted by atomic mass is 32.1. The summed E-state index contributed by atoms with van der Waals surface area (Å²) in [6, 6.07) is 6.21. The first-order valence-electron chi connectivity index (χ1n) is 5.90. The zero-order valence-corrected chi connectivity index (χ0v) is 11.1. The molecule has 2 aromatic rings. The highest BCUT2D eigenvalue weighted by Gasteiger charge is 2.37. The van der Waals surface area contributed by atoms with Crippen LogP contribution in [-0.2, 0) is 4.79 Å². The fourth-order valence-electron chi connectivity index (χ4n) is 2.11. The van der Waals surface area contributed by atoms with Crippen LogP contribution in [-0.4, -0.2) is 21.8 Å². The number of aromatic nitrogens is 1. The molecule has 0 bridgehead atoms. The Balaban J connectivity index is 2.05. The molecule has 0 aliphatic carbocycles. The zero-order valence-electron chi connectivity index (χ0n) is 10.2. The lowest BCUT2D eigenvalue weighted by Gasteiger charge is -2.13. The summed E-state index contributed by atoms with van der Waals surface area (Å²) in [4.78, 5) is 28.5. The van der Waals surface area contributed by atoms with Gasteiger partial charge in [0.1, 0.15) is 0 Å². The normalized spacial score (nSPS) is 18.2. The van der Waals surface area contributed by atoms with Crippen molar-refractivity contribution in [3.8, 4) is 0 Å². The van der Waals surface area contributed by atoms with Crippen LogP contribution in [0.4, 0.5) is 0 Å². The van der Waals surface area contributed by atoms with Crippen LogP contribution in [0.3, 0.4) is 0 Å². The van der Waals surface area contributed by atoms with E-state index in [2.05, 4.69) is 10.3 Å². The van der Waals surface area contributed by atoms with E-state index < -0.39 is 17.7 Å². The first-order valence-corrected chi connectivity index (χ1v) is 6.78. The molecular weight excluding hydrogens is 276 g/mol. The molecule has 0 fully saturated rings. The van der Waals surface area contributed by atoms with Crippen LogP contribution in [0.25, 0.3) is 0 Å². The number of thiophene rings is 1. The summed E-state index contributed by atoms with van der Waals surface area (Å²) in [5.74, 6) is -1.50. The number of aliphatic hydroxyl groups excluding tert-OH is 1. The van der Waals surface area contributed by atoms with Crippen LogP contribution < -0.4 is 5.32 Å². The monoisotopic (exact) mass is 286 g/mol. The fourth-order valence-corrected chi connectivity index (χ4v) is 2.78. The number of nitrogens with one attached hydrogen (secondary N) is 1. The number of nitrogens with zero attached hydrogens (tertiary/aromatic N) is 1. The number of aliphatic hydroxyl groups is 1. The van der Waals surface area contributed by atoms with Crippen LogP contribution in [0.1, 0.15) is 21.3 Å². The average molecular weight is 286 g/mol. The first kappa shape index (κ1) is 12.6. The van der Waals surface area contributed by atoms with Crippen molar-refractivity contribution in [2.75, 3.05) is 0 Å². The molecule has 20 heavy (non-hydrogen) atoms. The van der Waals surface area contributed by atoms with Crippen LogP contribution >= 0.6 is 11.3 Å². The lowest BCUT2D eigenvalue weighted by atomic mass is 9.97. The Labute approximate surface area is 118 Å². The van der Waals surface area contributed by atoms with Crippen molar-refractivity contribution in [1.29, 1.82) is 0 Å². The minimum Gasteiger partial charge on any atom is -0.503 e. The van der Waals surface area contributed by atoms with E-state index >= 15 is 0 Å². The minimum absolute atomic E-state index is 0.0745. The summed E-state index contributed by atoms with van der Waals surface area (Å²) in [6.45, 7) is 0. The number of hydrogen-bond acceptors (Lipinski definition) is 5. The van der Waals surface area contributed by atoms with Gasteiger partial charge in [-0.3, -0.25) is 14.6 Å². The molecule has 0 spiro atoms. The van der Waals surface area contributed by atoms with Crippen molar-refractivity contribution in [2.45, 2.75) is 6.04 Å². The average Bonchev–Trinajstić information content (AvgIpc) is 3.09. The van der Waals surface area contributed by atoms with Gasteiger partial charge in [-0.05, 0) is 23.1 Å². The SMILES string of the molecule is O=C1NC(c2cccnc2)C(C(=O)c2cccs2)=C1O. The lowest BCUT2D eigenvalue weighted by molar-refractivity contribution is -0.119.